The smallest absolute Gasteiger partial charge is 0.186 e. The molecule has 2 fully saturated rings. The second-order valence-electron chi connectivity index (χ2n) is 6.93. The van der Waals surface area contributed by atoms with E-state index in [0.717, 1.165) is 32.1 Å². The van der Waals surface area contributed by atoms with Crippen LogP contribution in [0.1, 0.15) is 57.0 Å². The average molecular weight is 309 g/mol. The third kappa shape index (κ3) is 3.58. The highest BCUT2D eigenvalue weighted by atomic mass is 32.1. The van der Waals surface area contributed by atoms with E-state index in [4.69, 9.17) is 9.72 Å². The number of thiazole rings is 1. The summed E-state index contributed by atoms with van der Waals surface area (Å²) in [5.41, 5.74) is 1.26. The number of rotatable bonds is 5. The first kappa shape index (κ1) is 15.3. The molecule has 2 aliphatic rings. The van der Waals surface area contributed by atoms with Crippen molar-refractivity contribution in [3.8, 4) is 0 Å². The second kappa shape index (κ2) is 5.86. The number of aromatic nitrogens is 1. The molecule has 0 bridgehead atoms. The van der Waals surface area contributed by atoms with E-state index in [1.54, 1.807) is 0 Å². The van der Waals surface area contributed by atoms with Crippen LogP contribution in [0, 0.1) is 0 Å². The van der Waals surface area contributed by atoms with Crippen LogP contribution < -0.4 is 10.2 Å². The fourth-order valence-corrected chi connectivity index (χ4v) is 4.25. The molecule has 1 aliphatic heterocycles. The Balaban J connectivity index is 1.81. The van der Waals surface area contributed by atoms with Gasteiger partial charge in [-0.05, 0) is 40.2 Å². The standard InChI is InChI=1S/C16H27N3OS/c1-5-17-8-13-14(12-6-7-12)18-15(21-13)19-9-11(2)20-16(3,4)10-19/h11-12,17H,5-10H2,1-4H3. The Labute approximate surface area is 131 Å². The zero-order valence-corrected chi connectivity index (χ0v) is 14.4. The molecule has 118 valence electrons. The van der Waals surface area contributed by atoms with Gasteiger partial charge in [-0.25, -0.2) is 4.98 Å². The number of anilines is 1. The maximum Gasteiger partial charge on any atom is 0.186 e. The van der Waals surface area contributed by atoms with Crippen molar-refractivity contribution in [2.45, 2.75) is 64.7 Å². The van der Waals surface area contributed by atoms with Gasteiger partial charge in [-0.1, -0.05) is 6.92 Å². The zero-order chi connectivity index (χ0) is 15.0. The predicted molar refractivity (Wildman–Crippen MR) is 88.3 cm³/mol. The molecule has 5 heteroatoms. The minimum atomic E-state index is -0.0923. The molecule has 1 N–H and O–H groups in total. The maximum absolute atomic E-state index is 6.01. The Kier molecular flexibility index (Phi) is 4.26. The van der Waals surface area contributed by atoms with Crippen LogP contribution >= 0.6 is 11.3 Å². The van der Waals surface area contributed by atoms with E-state index in [0.29, 0.717) is 0 Å². The van der Waals surface area contributed by atoms with E-state index in [2.05, 4.69) is 37.9 Å². The highest BCUT2D eigenvalue weighted by molar-refractivity contribution is 7.15. The molecule has 4 nitrogen and oxygen atoms in total. The molecule has 2 heterocycles. The summed E-state index contributed by atoms with van der Waals surface area (Å²) in [7, 11) is 0. The van der Waals surface area contributed by atoms with Gasteiger partial charge in [0.2, 0.25) is 0 Å². The lowest BCUT2D eigenvalue weighted by Gasteiger charge is -2.41. The third-order valence-corrected chi connectivity index (χ3v) is 5.19. The largest absolute Gasteiger partial charge is 0.369 e. The maximum atomic E-state index is 6.01. The summed E-state index contributed by atoms with van der Waals surface area (Å²) in [6.07, 6.45) is 2.89. The molecule has 1 saturated carbocycles. The molecule has 3 rings (SSSR count). The first-order valence-corrected chi connectivity index (χ1v) is 8.93. The van der Waals surface area contributed by atoms with Crippen molar-refractivity contribution < 1.29 is 4.74 Å². The molecule has 1 aliphatic carbocycles. The summed E-state index contributed by atoms with van der Waals surface area (Å²) in [4.78, 5) is 8.85. The van der Waals surface area contributed by atoms with Gasteiger partial charge in [0.25, 0.3) is 0 Å². The minimum Gasteiger partial charge on any atom is -0.369 e. The first-order chi connectivity index (χ1) is 9.98. The topological polar surface area (TPSA) is 37.4 Å². The number of morpholine rings is 1. The third-order valence-electron chi connectivity index (χ3n) is 4.06. The Bertz CT molecular complexity index is 496. The number of hydrogen-bond donors (Lipinski definition) is 1. The van der Waals surface area contributed by atoms with E-state index in [9.17, 15) is 0 Å². The second-order valence-corrected chi connectivity index (χ2v) is 7.99. The summed E-state index contributed by atoms with van der Waals surface area (Å²) in [5.74, 6) is 0.718. The van der Waals surface area contributed by atoms with Crippen molar-refractivity contribution in [2.24, 2.45) is 0 Å². The molecular weight excluding hydrogens is 282 g/mol. The highest BCUT2D eigenvalue weighted by Crippen LogP contribution is 2.44. The van der Waals surface area contributed by atoms with E-state index >= 15 is 0 Å². The van der Waals surface area contributed by atoms with Gasteiger partial charge in [0.15, 0.2) is 5.13 Å². The fourth-order valence-electron chi connectivity index (χ4n) is 3.13. The van der Waals surface area contributed by atoms with Crippen molar-refractivity contribution in [2.75, 3.05) is 24.5 Å². The number of hydrogen-bond acceptors (Lipinski definition) is 5. The molecular formula is C16H27N3OS. The Morgan fingerprint density at radius 1 is 1.43 bits per heavy atom. The fraction of sp³-hybridized carbons (Fsp3) is 0.812. The summed E-state index contributed by atoms with van der Waals surface area (Å²) < 4.78 is 6.01. The van der Waals surface area contributed by atoms with Crippen LogP contribution in [0.5, 0.6) is 0 Å². The zero-order valence-electron chi connectivity index (χ0n) is 13.6. The van der Waals surface area contributed by atoms with E-state index in [1.807, 2.05) is 11.3 Å². The van der Waals surface area contributed by atoms with Crippen molar-refractivity contribution >= 4 is 16.5 Å². The summed E-state index contributed by atoms with van der Waals surface area (Å²) >= 11 is 1.87. The van der Waals surface area contributed by atoms with E-state index < -0.39 is 0 Å². The van der Waals surface area contributed by atoms with Crippen molar-refractivity contribution in [1.82, 2.24) is 10.3 Å². The van der Waals surface area contributed by atoms with Crippen molar-refractivity contribution in [3.63, 3.8) is 0 Å². The van der Waals surface area contributed by atoms with E-state index in [1.165, 1.54) is 28.5 Å². The predicted octanol–water partition coefficient (Wildman–Crippen LogP) is 3.13. The highest BCUT2D eigenvalue weighted by Gasteiger charge is 2.35. The molecule has 0 aromatic carbocycles. The number of nitrogens with zero attached hydrogens (tertiary/aromatic N) is 2. The summed E-state index contributed by atoms with van der Waals surface area (Å²) in [6.45, 7) is 12.5. The van der Waals surface area contributed by atoms with Gasteiger partial charge in [-0.15, -0.1) is 11.3 Å². The Morgan fingerprint density at radius 3 is 2.81 bits per heavy atom. The monoisotopic (exact) mass is 309 g/mol. The minimum absolute atomic E-state index is 0.0923. The molecule has 1 unspecified atom stereocenters. The van der Waals surface area contributed by atoms with Gasteiger partial charge in [0.1, 0.15) is 0 Å². The molecule has 0 spiro atoms. The van der Waals surface area contributed by atoms with Crippen molar-refractivity contribution in [1.29, 1.82) is 0 Å². The van der Waals surface area contributed by atoms with E-state index in [-0.39, 0.29) is 11.7 Å². The molecule has 21 heavy (non-hydrogen) atoms. The Morgan fingerprint density at radius 2 is 2.19 bits per heavy atom. The lowest BCUT2D eigenvalue weighted by atomic mass is 10.1. The molecule has 0 amide bonds. The van der Waals surface area contributed by atoms with Crippen LogP contribution in [-0.4, -0.2) is 36.3 Å². The van der Waals surface area contributed by atoms with Gasteiger partial charge in [-0.2, -0.15) is 0 Å². The van der Waals surface area contributed by atoms with Crippen molar-refractivity contribution in [3.05, 3.63) is 10.6 Å². The van der Waals surface area contributed by atoms with Crippen LogP contribution in [0.4, 0.5) is 5.13 Å². The molecule has 1 saturated heterocycles. The van der Waals surface area contributed by atoms with Gasteiger partial charge < -0.3 is 15.0 Å². The number of ether oxygens (including phenoxy) is 1. The summed E-state index contributed by atoms with van der Waals surface area (Å²) in [5, 5.41) is 4.64. The normalized spacial score (nSPS) is 25.3. The van der Waals surface area contributed by atoms with Gasteiger partial charge in [0.05, 0.1) is 17.4 Å². The van der Waals surface area contributed by atoms with Crippen LogP contribution in [0.3, 0.4) is 0 Å². The molecule has 1 aromatic rings. The van der Waals surface area contributed by atoms with Gasteiger partial charge in [-0.3, -0.25) is 0 Å². The number of nitrogens with one attached hydrogen (secondary N) is 1. The lowest BCUT2D eigenvalue weighted by Crippen LogP contribution is -2.52. The first-order valence-electron chi connectivity index (χ1n) is 8.11. The average Bonchev–Trinajstić information content (AvgIpc) is 3.14. The van der Waals surface area contributed by atoms with Gasteiger partial charge in [0, 0.05) is 30.4 Å². The summed E-state index contributed by atoms with van der Waals surface area (Å²) in [6, 6.07) is 0. The van der Waals surface area contributed by atoms with Crippen LogP contribution in [0.15, 0.2) is 0 Å². The lowest BCUT2D eigenvalue weighted by molar-refractivity contribution is -0.0749. The van der Waals surface area contributed by atoms with Gasteiger partial charge >= 0.3 is 0 Å². The molecule has 1 aromatic heterocycles. The van der Waals surface area contributed by atoms with Crippen LogP contribution in [0.25, 0.3) is 0 Å². The molecule has 1 atom stereocenters. The quantitative estimate of drug-likeness (QED) is 0.907. The SMILES string of the molecule is CCNCc1sc(N2CC(C)OC(C)(C)C2)nc1C1CC1. The molecule has 0 radical (unpaired) electrons. The van der Waals surface area contributed by atoms with Crippen LogP contribution in [0.2, 0.25) is 0 Å². The van der Waals surface area contributed by atoms with Crippen LogP contribution in [-0.2, 0) is 11.3 Å². The Hall–Kier alpha value is -0.650.